The second-order valence-corrected chi connectivity index (χ2v) is 6.10. The molecule has 13 heavy (non-hydrogen) atoms. The Balaban J connectivity index is 2.63. The lowest BCUT2D eigenvalue weighted by atomic mass is 9.92. The van der Waals surface area contributed by atoms with Crippen molar-refractivity contribution in [1.82, 2.24) is 0 Å². The summed E-state index contributed by atoms with van der Waals surface area (Å²) in [5.74, 6) is 0.413. The largest absolute Gasteiger partial charge is 0.393 e. The van der Waals surface area contributed by atoms with Crippen molar-refractivity contribution in [2.75, 3.05) is 0 Å². The Kier molecular flexibility index (Phi) is 4.62. The van der Waals surface area contributed by atoms with Gasteiger partial charge in [-0.15, -0.1) is 0 Å². The minimum absolute atomic E-state index is 0.0996. The predicted octanol–water partition coefficient (Wildman–Crippen LogP) is 2.59. The van der Waals surface area contributed by atoms with Crippen LogP contribution in [0.15, 0.2) is 9.47 Å². The number of carbonyl (C=O) groups excluding carboxylic acids is 1. The van der Waals surface area contributed by atoms with E-state index in [9.17, 15) is 9.90 Å². The maximum atomic E-state index is 10.4. The van der Waals surface area contributed by atoms with E-state index in [1.165, 1.54) is 0 Å². The van der Waals surface area contributed by atoms with E-state index in [2.05, 4.69) is 31.9 Å². The average molecular weight is 312 g/mol. The van der Waals surface area contributed by atoms with Gasteiger partial charge >= 0.3 is 0 Å². The van der Waals surface area contributed by atoms with Gasteiger partial charge in [0.2, 0.25) is 0 Å². The summed E-state index contributed by atoms with van der Waals surface area (Å²) in [4.78, 5) is 10.4. The molecular formula is C9H12Br2O2. The summed E-state index contributed by atoms with van der Waals surface area (Å²) in [7, 11) is 0. The number of allylic oxidation sites excluding steroid dienone is 1. The molecule has 1 aliphatic rings. The SMILES string of the molecule is O=CC[C@H]1[C@@H](O)CC[C@@H]1C=C(Br)Br. The first-order valence-electron chi connectivity index (χ1n) is 4.29. The van der Waals surface area contributed by atoms with Gasteiger partial charge in [0.15, 0.2) is 0 Å². The van der Waals surface area contributed by atoms with Gasteiger partial charge < -0.3 is 9.90 Å². The summed E-state index contributed by atoms with van der Waals surface area (Å²) >= 11 is 6.58. The molecular weight excluding hydrogens is 300 g/mol. The van der Waals surface area contributed by atoms with Crippen LogP contribution in [0, 0.1) is 11.8 Å². The van der Waals surface area contributed by atoms with Gasteiger partial charge in [-0.2, -0.15) is 0 Å². The monoisotopic (exact) mass is 310 g/mol. The molecule has 0 radical (unpaired) electrons. The van der Waals surface area contributed by atoms with Crippen LogP contribution in [-0.4, -0.2) is 17.5 Å². The summed E-state index contributed by atoms with van der Waals surface area (Å²) in [6.45, 7) is 0. The van der Waals surface area contributed by atoms with Crippen molar-refractivity contribution in [2.24, 2.45) is 11.8 Å². The van der Waals surface area contributed by atoms with Gasteiger partial charge in [0.1, 0.15) is 6.29 Å². The van der Waals surface area contributed by atoms with E-state index in [0.717, 1.165) is 22.5 Å². The van der Waals surface area contributed by atoms with Crippen LogP contribution >= 0.6 is 31.9 Å². The number of hydrogen-bond donors (Lipinski definition) is 1. The molecule has 0 saturated heterocycles. The third kappa shape index (κ3) is 3.18. The summed E-state index contributed by atoms with van der Waals surface area (Å²) in [5, 5.41) is 9.58. The fraction of sp³-hybridized carbons (Fsp3) is 0.667. The first-order valence-corrected chi connectivity index (χ1v) is 5.88. The third-order valence-electron chi connectivity index (χ3n) is 2.55. The Bertz CT molecular complexity index is 212. The normalized spacial score (nSPS) is 33.0. The summed E-state index contributed by atoms with van der Waals surface area (Å²) in [6.07, 6.45) is 4.81. The predicted molar refractivity (Wildman–Crippen MR) is 58.8 cm³/mol. The molecule has 0 aromatic heterocycles. The third-order valence-corrected chi connectivity index (χ3v) is 3.08. The van der Waals surface area contributed by atoms with Crippen LogP contribution in [-0.2, 0) is 4.79 Å². The Labute approximate surface area is 94.7 Å². The zero-order valence-electron chi connectivity index (χ0n) is 7.12. The quantitative estimate of drug-likeness (QED) is 0.814. The van der Waals surface area contributed by atoms with E-state index in [1.54, 1.807) is 0 Å². The number of halogens is 2. The highest BCUT2D eigenvalue weighted by Crippen LogP contribution is 2.36. The van der Waals surface area contributed by atoms with Crippen LogP contribution in [0.3, 0.4) is 0 Å². The summed E-state index contributed by atoms with van der Waals surface area (Å²) in [5.41, 5.74) is 0. The number of carbonyl (C=O) groups is 1. The Morgan fingerprint density at radius 3 is 2.69 bits per heavy atom. The van der Waals surface area contributed by atoms with Crippen LogP contribution < -0.4 is 0 Å². The molecule has 0 spiro atoms. The number of rotatable bonds is 3. The highest BCUT2D eigenvalue weighted by atomic mass is 79.9. The van der Waals surface area contributed by atoms with Crippen molar-refractivity contribution in [1.29, 1.82) is 0 Å². The topological polar surface area (TPSA) is 37.3 Å². The lowest BCUT2D eigenvalue weighted by Gasteiger charge is -2.16. The van der Waals surface area contributed by atoms with E-state index in [0.29, 0.717) is 12.3 Å². The lowest BCUT2D eigenvalue weighted by Crippen LogP contribution is -2.18. The van der Waals surface area contributed by atoms with Gasteiger partial charge in [-0.05, 0) is 56.5 Å². The van der Waals surface area contributed by atoms with Crippen LogP contribution in [0.1, 0.15) is 19.3 Å². The molecule has 1 fully saturated rings. The summed E-state index contributed by atoms with van der Waals surface area (Å²) in [6, 6.07) is 0. The molecule has 4 heteroatoms. The molecule has 0 heterocycles. The van der Waals surface area contributed by atoms with Gasteiger partial charge in [-0.25, -0.2) is 0 Å². The molecule has 0 aliphatic heterocycles. The van der Waals surface area contributed by atoms with E-state index < -0.39 is 0 Å². The minimum atomic E-state index is -0.314. The van der Waals surface area contributed by atoms with Crippen LogP contribution in [0.5, 0.6) is 0 Å². The van der Waals surface area contributed by atoms with Crippen molar-refractivity contribution < 1.29 is 9.90 Å². The van der Waals surface area contributed by atoms with Gasteiger partial charge in [-0.3, -0.25) is 0 Å². The molecule has 0 amide bonds. The zero-order valence-corrected chi connectivity index (χ0v) is 10.3. The Morgan fingerprint density at radius 2 is 2.15 bits per heavy atom. The van der Waals surface area contributed by atoms with Crippen molar-refractivity contribution in [3.05, 3.63) is 9.47 Å². The van der Waals surface area contributed by atoms with E-state index in [1.807, 2.05) is 6.08 Å². The molecule has 1 saturated carbocycles. The van der Waals surface area contributed by atoms with Crippen molar-refractivity contribution in [3.63, 3.8) is 0 Å². The zero-order chi connectivity index (χ0) is 9.84. The molecule has 1 rings (SSSR count). The number of aliphatic hydroxyl groups is 1. The summed E-state index contributed by atoms with van der Waals surface area (Å²) < 4.78 is 0.898. The van der Waals surface area contributed by atoms with E-state index in [4.69, 9.17) is 0 Å². The van der Waals surface area contributed by atoms with Gasteiger partial charge in [0.05, 0.1) is 9.50 Å². The van der Waals surface area contributed by atoms with Crippen molar-refractivity contribution in [2.45, 2.75) is 25.4 Å². The molecule has 3 atom stereocenters. The molecule has 0 aromatic rings. The van der Waals surface area contributed by atoms with E-state index in [-0.39, 0.29) is 12.0 Å². The molecule has 0 aromatic carbocycles. The van der Waals surface area contributed by atoms with E-state index >= 15 is 0 Å². The second-order valence-electron chi connectivity index (χ2n) is 3.33. The maximum absolute atomic E-state index is 10.4. The first-order chi connectivity index (χ1) is 6.15. The first kappa shape index (κ1) is 11.4. The maximum Gasteiger partial charge on any atom is 0.120 e. The lowest BCUT2D eigenvalue weighted by molar-refractivity contribution is -0.109. The smallest absolute Gasteiger partial charge is 0.120 e. The molecule has 0 unspecified atom stereocenters. The average Bonchev–Trinajstić information content (AvgIpc) is 2.35. The van der Waals surface area contributed by atoms with Gasteiger partial charge in [0.25, 0.3) is 0 Å². The fourth-order valence-corrected chi connectivity index (χ4v) is 2.57. The van der Waals surface area contributed by atoms with Crippen LogP contribution in [0.4, 0.5) is 0 Å². The molecule has 2 nitrogen and oxygen atoms in total. The standard InChI is InChI=1S/C9H12Br2O2/c10-9(11)5-6-1-2-8(13)7(6)3-4-12/h4-8,13H,1-3H2/t6-,7-,8+/m1/s1. The number of aliphatic hydroxyl groups excluding tert-OH is 1. The number of hydrogen-bond acceptors (Lipinski definition) is 2. The Morgan fingerprint density at radius 1 is 1.46 bits per heavy atom. The molecule has 1 N–H and O–H groups in total. The second kappa shape index (κ2) is 5.27. The van der Waals surface area contributed by atoms with Gasteiger partial charge in [0, 0.05) is 6.42 Å². The van der Waals surface area contributed by atoms with Crippen LogP contribution in [0.25, 0.3) is 0 Å². The van der Waals surface area contributed by atoms with Gasteiger partial charge in [-0.1, -0.05) is 6.08 Å². The van der Waals surface area contributed by atoms with Crippen LogP contribution in [0.2, 0.25) is 0 Å². The van der Waals surface area contributed by atoms with Crippen molar-refractivity contribution in [3.8, 4) is 0 Å². The number of aldehydes is 1. The highest BCUT2D eigenvalue weighted by Gasteiger charge is 2.33. The van der Waals surface area contributed by atoms with Crippen molar-refractivity contribution >= 4 is 38.1 Å². The molecule has 1 aliphatic carbocycles. The minimum Gasteiger partial charge on any atom is -0.393 e. The molecule has 0 bridgehead atoms. The molecule has 74 valence electrons. The highest BCUT2D eigenvalue weighted by molar-refractivity contribution is 9.28. The fourth-order valence-electron chi connectivity index (χ4n) is 1.89. The Hall–Kier alpha value is 0.330.